The summed E-state index contributed by atoms with van der Waals surface area (Å²) >= 11 is 3.42. The summed E-state index contributed by atoms with van der Waals surface area (Å²) in [5, 5.41) is 19.9. The van der Waals surface area contributed by atoms with Crippen molar-refractivity contribution >= 4 is 26.9 Å². The van der Waals surface area contributed by atoms with E-state index in [0.29, 0.717) is 21.2 Å². The van der Waals surface area contributed by atoms with Crippen LogP contribution in [0.1, 0.15) is 17.0 Å². The number of hydrogen-bond acceptors (Lipinski definition) is 7. The first-order valence-corrected chi connectivity index (χ1v) is 8.94. The highest BCUT2D eigenvalue weighted by molar-refractivity contribution is 9.10. The van der Waals surface area contributed by atoms with Crippen LogP contribution in [0.15, 0.2) is 61.5 Å². The Morgan fingerprint density at radius 3 is 2.75 bits per heavy atom. The van der Waals surface area contributed by atoms with Gasteiger partial charge in [-0.1, -0.05) is 6.07 Å². The fourth-order valence-electron chi connectivity index (χ4n) is 3.30. The molecule has 0 radical (unpaired) electrons. The van der Waals surface area contributed by atoms with Crippen LogP contribution in [-0.4, -0.2) is 12.2 Å². The van der Waals surface area contributed by atoms with Crippen molar-refractivity contribution in [1.29, 1.82) is 5.26 Å². The fourth-order valence-corrected chi connectivity index (χ4v) is 3.86. The van der Waals surface area contributed by atoms with Gasteiger partial charge in [-0.15, -0.1) is 0 Å². The minimum Gasteiger partial charge on any atom is -0.508 e. The van der Waals surface area contributed by atoms with Gasteiger partial charge in [0.1, 0.15) is 28.7 Å². The lowest BCUT2D eigenvalue weighted by Gasteiger charge is -2.26. The maximum Gasteiger partial charge on any atom is 0.344 e. The van der Waals surface area contributed by atoms with E-state index < -0.39 is 11.5 Å². The number of phenols is 1. The highest BCUT2D eigenvalue weighted by Crippen LogP contribution is 2.45. The number of fused-ring (bicyclic) bond motifs is 3. The topological polar surface area (TPSA) is 119 Å². The molecule has 1 atom stereocenters. The number of benzene rings is 2. The van der Waals surface area contributed by atoms with Gasteiger partial charge in [0.05, 0.1) is 28.5 Å². The Hall–Kier alpha value is -3.44. The summed E-state index contributed by atoms with van der Waals surface area (Å²) < 4.78 is 16.9. The van der Waals surface area contributed by atoms with Gasteiger partial charge in [-0.2, -0.15) is 5.26 Å². The first kappa shape index (κ1) is 17.9. The molecule has 1 aliphatic heterocycles. The molecule has 140 valence electrons. The minimum atomic E-state index is -0.793. The van der Waals surface area contributed by atoms with E-state index in [4.69, 9.17) is 19.6 Å². The van der Waals surface area contributed by atoms with Crippen molar-refractivity contribution in [2.45, 2.75) is 5.92 Å². The van der Waals surface area contributed by atoms with E-state index in [2.05, 4.69) is 15.9 Å². The smallest absolute Gasteiger partial charge is 0.344 e. The van der Waals surface area contributed by atoms with Crippen LogP contribution in [0.25, 0.3) is 11.0 Å². The third kappa shape index (κ3) is 2.68. The van der Waals surface area contributed by atoms with Gasteiger partial charge in [-0.25, -0.2) is 4.79 Å². The molecule has 0 saturated heterocycles. The monoisotopic (exact) mass is 440 g/mol. The number of aromatic hydroxyl groups is 1. The van der Waals surface area contributed by atoms with Crippen LogP contribution in [0.5, 0.6) is 17.2 Å². The largest absolute Gasteiger partial charge is 0.508 e. The van der Waals surface area contributed by atoms with Crippen molar-refractivity contribution in [3.05, 3.63) is 73.9 Å². The Labute approximate surface area is 167 Å². The van der Waals surface area contributed by atoms with Gasteiger partial charge >= 0.3 is 5.63 Å². The number of methoxy groups -OCH3 is 1. The van der Waals surface area contributed by atoms with Gasteiger partial charge in [0.15, 0.2) is 5.75 Å². The Kier molecular flexibility index (Phi) is 4.24. The lowest BCUT2D eigenvalue weighted by molar-refractivity contribution is 0.387. The van der Waals surface area contributed by atoms with Crippen LogP contribution in [0.4, 0.5) is 0 Å². The summed E-state index contributed by atoms with van der Waals surface area (Å²) in [6.07, 6.45) is 0. The number of halogens is 1. The van der Waals surface area contributed by atoms with E-state index >= 15 is 0 Å². The summed E-state index contributed by atoms with van der Waals surface area (Å²) in [4.78, 5) is 12.8. The molecule has 0 saturated carbocycles. The average Bonchev–Trinajstić information content (AvgIpc) is 2.67. The molecule has 7 nitrogen and oxygen atoms in total. The molecule has 2 aromatic carbocycles. The molecule has 3 N–H and O–H groups in total. The Morgan fingerprint density at radius 1 is 1.29 bits per heavy atom. The fraction of sp³-hybridized carbons (Fsp3) is 0.100. The highest BCUT2D eigenvalue weighted by atomic mass is 79.9. The van der Waals surface area contributed by atoms with E-state index in [1.54, 1.807) is 18.2 Å². The van der Waals surface area contributed by atoms with Crippen molar-refractivity contribution in [3.63, 3.8) is 0 Å². The molecular weight excluding hydrogens is 428 g/mol. The Morgan fingerprint density at radius 2 is 2.07 bits per heavy atom. The Balaban J connectivity index is 2.06. The number of allylic oxidation sites excluding steroid dienone is 1. The van der Waals surface area contributed by atoms with Crippen LogP contribution in [0, 0.1) is 11.3 Å². The summed E-state index contributed by atoms with van der Waals surface area (Å²) in [5.74, 6) is -0.164. The number of rotatable bonds is 2. The van der Waals surface area contributed by atoms with Gasteiger partial charge in [0.25, 0.3) is 0 Å². The zero-order chi connectivity index (χ0) is 20.0. The van der Waals surface area contributed by atoms with Gasteiger partial charge in [0, 0.05) is 0 Å². The second kappa shape index (κ2) is 6.62. The molecule has 1 aromatic heterocycles. The number of ether oxygens (including phenoxy) is 2. The number of nitrogens with two attached hydrogens (primary N) is 1. The highest BCUT2D eigenvalue weighted by Gasteiger charge is 2.35. The van der Waals surface area contributed by atoms with Crippen molar-refractivity contribution in [2.24, 2.45) is 5.73 Å². The maximum atomic E-state index is 12.8. The summed E-state index contributed by atoms with van der Waals surface area (Å²) in [6, 6.07) is 11.5. The number of nitrogens with zero attached hydrogens (tertiary/aromatic N) is 1. The average molecular weight is 441 g/mol. The number of phenolic OH excluding ortho intramolecular Hbond substituents is 1. The molecule has 0 bridgehead atoms. The molecule has 0 aliphatic carbocycles. The van der Waals surface area contributed by atoms with Gasteiger partial charge in [-0.05, 0) is 51.8 Å². The van der Waals surface area contributed by atoms with Crippen LogP contribution in [-0.2, 0) is 0 Å². The first-order chi connectivity index (χ1) is 13.4. The molecular formula is C20H13BrN2O5. The summed E-state index contributed by atoms with van der Waals surface area (Å²) in [7, 11) is 1.54. The molecule has 8 heteroatoms. The predicted octanol–water partition coefficient (Wildman–Crippen LogP) is 3.49. The number of hydrogen-bond donors (Lipinski definition) is 2. The van der Waals surface area contributed by atoms with Crippen molar-refractivity contribution in [2.75, 3.05) is 7.11 Å². The van der Waals surface area contributed by atoms with Crippen LogP contribution >= 0.6 is 15.9 Å². The van der Waals surface area contributed by atoms with Crippen LogP contribution < -0.4 is 20.8 Å². The van der Waals surface area contributed by atoms with Crippen molar-refractivity contribution in [3.8, 4) is 23.3 Å². The molecule has 0 fully saturated rings. The van der Waals surface area contributed by atoms with Crippen molar-refractivity contribution < 1.29 is 19.0 Å². The Bertz CT molecular complexity index is 1260. The van der Waals surface area contributed by atoms with E-state index in [1.165, 1.54) is 25.3 Å². The lowest BCUT2D eigenvalue weighted by Crippen LogP contribution is -2.26. The van der Waals surface area contributed by atoms with Crippen LogP contribution in [0.2, 0.25) is 0 Å². The zero-order valence-corrected chi connectivity index (χ0v) is 16.1. The second-order valence-electron chi connectivity index (χ2n) is 6.13. The lowest BCUT2D eigenvalue weighted by atomic mass is 9.84. The molecule has 28 heavy (non-hydrogen) atoms. The molecule has 2 heterocycles. The third-order valence-electron chi connectivity index (χ3n) is 4.56. The SMILES string of the molecule is COc1ccc(C2C(C#N)=C(N)Oc3c2c(=O)oc2ccc(O)cc32)cc1Br. The second-order valence-corrected chi connectivity index (χ2v) is 6.99. The normalized spacial score (nSPS) is 15.7. The standard InChI is InChI=1S/C20H13BrN2O5/c1-26-15-4-2-9(6-13(15)21)16-12(8-22)19(23)28-18-11-7-10(24)3-5-14(11)27-20(25)17(16)18/h2-7,16,24H,23H2,1H3. The zero-order valence-electron chi connectivity index (χ0n) is 14.5. The molecule has 3 aromatic rings. The summed E-state index contributed by atoms with van der Waals surface area (Å²) in [5.41, 5.74) is 6.46. The molecule has 1 aliphatic rings. The third-order valence-corrected chi connectivity index (χ3v) is 5.18. The van der Waals surface area contributed by atoms with E-state index in [9.17, 15) is 15.2 Å². The predicted molar refractivity (Wildman–Crippen MR) is 104 cm³/mol. The molecule has 1 unspecified atom stereocenters. The van der Waals surface area contributed by atoms with E-state index in [1.807, 2.05) is 6.07 Å². The van der Waals surface area contributed by atoms with Gasteiger partial charge in [0.2, 0.25) is 5.88 Å². The van der Waals surface area contributed by atoms with Gasteiger partial charge < -0.3 is 24.7 Å². The first-order valence-electron chi connectivity index (χ1n) is 8.15. The van der Waals surface area contributed by atoms with Crippen molar-refractivity contribution in [1.82, 2.24) is 0 Å². The minimum absolute atomic E-state index is 0.0236. The van der Waals surface area contributed by atoms with Crippen LogP contribution in [0.3, 0.4) is 0 Å². The maximum absolute atomic E-state index is 12.8. The van der Waals surface area contributed by atoms with E-state index in [0.717, 1.165) is 0 Å². The summed E-state index contributed by atoms with van der Waals surface area (Å²) in [6.45, 7) is 0. The van der Waals surface area contributed by atoms with Gasteiger partial charge in [-0.3, -0.25) is 0 Å². The number of nitriles is 1. The molecule has 0 spiro atoms. The van der Waals surface area contributed by atoms with E-state index in [-0.39, 0.29) is 34.1 Å². The quantitative estimate of drug-likeness (QED) is 0.585. The molecule has 4 rings (SSSR count). The molecule has 0 amide bonds.